The van der Waals surface area contributed by atoms with Crippen molar-refractivity contribution in [2.24, 2.45) is 23.7 Å². The van der Waals surface area contributed by atoms with Crippen LogP contribution in [0.15, 0.2) is 84.9 Å². The van der Waals surface area contributed by atoms with E-state index in [9.17, 15) is 68.6 Å². The molecule has 2 saturated carbocycles. The molecule has 2 heterocycles. The number of hydrogen-bond donors (Lipinski definition) is 2. The first kappa shape index (κ1) is 65.6. The van der Waals surface area contributed by atoms with Gasteiger partial charge in [-0.3, -0.25) is 9.59 Å². The summed E-state index contributed by atoms with van der Waals surface area (Å²) in [6.45, 7) is 6.75. The highest BCUT2D eigenvalue weighted by molar-refractivity contribution is 6.05. The smallest absolute Gasteiger partial charge is 0.430 e. The van der Waals surface area contributed by atoms with Crippen molar-refractivity contribution in [1.29, 1.82) is 0 Å². The highest BCUT2D eigenvalue weighted by atomic mass is 19.4. The number of carbonyl (C=O) groups is 6. The number of para-hydroxylation sites is 2. The fourth-order valence-corrected chi connectivity index (χ4v) is 10.9. The summed E-state index contributed by atoms with van der Waals surface area (Å²) in [6, 6.07) is 17.6. The van der Waals surface area contributed by atoms with Gasteiger partial charge in [-0.1, -0.05) is 38.1 Å². The molecule has 2 aliphatic heterocycles. The van der Waals surface area contributed by atoms with Crippen LogP contribution in [-0.4, -0.2) is 104 Å². The Bertz CT molecular complexity index is 2930. The number of quaternary nitrogens is 1. The van der Waals surface area contributed by atoms with Crippen LogP contribution in [0, 0.1) is 23.7 Å². The predicted octanol–water partition coefficient (Wildman–Crippen LogP) is 11.1. The second-order valence-corrected chi connectivity index (χ2v) is 21.2. The Hall–Kier alpha value is -7.57. The average Bonchev–Trinajstić information content (AvgIpc) is 3.16. The van der Waals surface area contributed by atoms with E-state index in [1.807, 2.05) is 0 Å². The van der Waals surface area contributed by atoms with Crippen LogP contribution in [0.2, 0.25) is 0 Å². The Balaban J connectivity index is 0.000000242. The first-order valence-electron chi connectivity index (χ1n) is 27.5. The van der Waals surface area contributed by atoms with Crippen LogP contribution < -0.4 is 29.7 Å². The number of ether oxygens (including phenoxy) is 4. The van der Waals surface area contributed by atoms with E-state index in [2.05, 4.69) is 19.2 Å². The number of carboxylic acid groups (broad SMARTS) is 2. The van der Waals surface area contributed by atoms with Crippen LogP contribution in [0.4, 0.5) is 55.7 Å². The number of carboxylic acids is 2. The number of aromatic carboxylic acids is 1. The number of aliphatic carboxylic acids is 1. The van der Waals surface area contributed by atoms with Crippen molar-refractivity contribution in [2.45, 2.75) is 122 Å². The van der Waals surface area contributed by atoms with E-state index in [0.717, 1.165) is 88.7 Å². The van der Waals surface area contributed by atoms with E-state index in [1.54, 1.807) is 11.0 Å². The fraction of sp³-hybridized carbons (Fsp3) is 0.492. The molecule has 0 unspecified atom stereocenters. The van der Waals surface area contributed by atoms with Gasteiger partial charge in [0.15, 0.2) is 0 Å². The Kier molecular flexibility index (Phi) is 22.5. The lowest BCUT2D eigenvalue weighted by Gasteiger charge is -2.40. The first-order chi connectivity index (χ1) is 39.6. The lowest BCUT2D eigenvalue weighted by molar-refractivity contribution is -0.662. The summed E-state index contributed by atoms with van der Waals surface area (Å²) in [6.07, 6.45) is -5.78. The number of benzene rings is 4. The van der Waals surface area contributed by atoms with E-state index < -0.39 is 59.4 Å². The zero-order valence-corrected chi connectivity index (χ0v) is 46.6. The molecule has 84 heavy (non-hydrogen) atoms. The summed E-state index contributed by atoms with van der Waals surface area (Å²) in [5.41, 5.74) is -1.49. The lowest BCUT2D eigenvalue weighted by Crippen LogP contribution is -2.87. The van der Waals surface area contributed by atoms with Crippen LogP contribution in [0.3, 0.4) is 0 Å². The molecule has 0 spiro atoms. The maximum Gasteiger partial charge on any atom is 0.430 e. The summed E-state index contributed by atoms with van der Waals surface area (Å²) < 4.78 is 133. The molecule has 2 aliphatic carbocycles. The zero-order valence-electron chi connectivity index (χ0n) is 46.6. The van der Waals surface area contributed by atoms with Gasteiger partial charge in [-0.15, -0.1) is 0 Å². The number of nitrogens with zero attached hydrogens (tertiary/aromatic N) is 3. The van der Waals surface area contributed by atoms with Gasteiger partial charge in [-0.25, -0.2) is 14.4 Å². The molecule has 8 rings (SSSR count). The third-order valence-corrected chi connectivity index (χ3v) is 15.4. The molecule has 25 heteroatoms. The third-order valence-electron chi connectivity index (χ3n) is 15.4. The molecule has 0 atom stereocenters. The molecule has 3 N–H and O–H groups in total. The molecule has 4 aromatic carbocycles. The number of esters is 1. The Morgan fingerprint density at radius 3 is 1.33 bits per heavy atom. The number of amides is 3. The van der Waals surface area contributed by atoms with E-state index >= 15 is 0 Å². The summed E-state index contributed by atoms with van der Waals surface area (Å²) in [7, 11) is 2.53. The molecule has 2 saturated heterocycles. The van der Waals surface area contributed by atoms with Crippen LogP contribution >= 0.6 is 0 Å². The molecule has 0 aromatic heterocycles. The topological polar surface area (TPSA) is 209 Å². The summed E-state index contributed by atoms with van der Waals surface area (Å²) in [5.74, 6) is -5.38. The Morgan fingerprint density at radius 2 is 0.952 bits per heavy atom. The van der Waals surface area contributed by atoms with Gasteiger partial charge in [-0.2, -0.15) is 39.5 Å². The van der Waals surface area contributed by atoms with E-state index in [0.29, 0.717) is 56.3 Å². The number of alkyl halides is 9. The third kappa shape index (κ3) is 17.3. The summed E-state index contributed by atoms with van der Waals surface area (Å²) >= 11 is 0. The Labute approximate surface area is 479 Å². The SMILES string of the molecule is COC(=O)N1CCC(N(C(=O)C2CCC(C)CC2)c2ccc(Oc3ccccc3C(F)(F)F)cc2C(=O)O)CC1.COC(=O)c1cc(Oc2ccccc2C(F)(F)F)ccc1N(C(=O)C1CCC(C)CC1)C1CC[NH2+]CC1.O=C([O-])C(F)(F)F. The van der Waals surface area contributed by atoms with Crippen molar-refractivity contribution in [1.82, 2.24) is 4.90 Å². The standard InChI is InChI=1S/C29H33F3N2O6.C28H33F3N2O4.C2HF3O2/c1-18-7-9-19(10-8-18)26(35)34(20-13-15-33(16-14-20)28(38)39-2)24-12-11-21(17-22(24)27(36)37)40-25-6-4-3-5-23(25)29(30,31)32;1-18-7-9-19(10-8-18)26(34)33(20-13-15-32-16-14-20)24-12-11-21(17-22(24)27(35)36-2)37-25-6-4-3-5-23(25)28(29,30)31;3-2(4,5)1(6)7/h3-6,11-12,17-20H,7-10,13-16H2,1-2H3,(H,36,37);3-6,11-12,17-20,32H,7-10,13-16H2,1-2H3;(H,6,7). The average molecular weight is 1200 g/mol. The van der Waals surface area contributed by atoms with Gasteiger partial charge in [0.2, 0.25) is 11.8 Å². The van der Waals surface area contributed by atoms with Gasteiger partial charge in [-0.05, 0) is 137 Å². The van der Waals surface area contributed by atoms with E-state index in [4.69, 9.17) is 28.8 Å². The largest absolute Gasteiger partial charge is 0.542 e. The van der Waals surface area contributed by atoms with Gasteiger partial charge < -0.3 is 54.0 Å². The van der Waals surface area contributed by atoms with Gasteiger partial charge in [0.25, 0.3) is 0 Å². The minimum Gasteiger partial charge on any atom is -0.542 e. The monoisotopic (exact) mass is 1190 g/mol. The van der Waals surface area contributed by atoms with Crippen molar-refractivity contribution in [3.8, 4) is 23.0 Å². The molecule has 0 radical (unpaired) electrons. The number of methoxy groups -OCH3 is 2. The molecule has 16 nitrogen and oxygen atoms in total. The van der Waals surface area contributed by atoms with Gasteiger partial charge >= 0.3 is 36.6 Å². The van der Waals surface area contributed by atoms with E-state index in [-0.39, 0.29) is 69.8 Å². The van der Waals surface area contributed by atoms with Crippen LogP contribution in [-0.2, 0) is 36.2 Å². The highest BCUT2D eigenvalue weighted by Crippen LogP contribution is 2.43. The first-order valence-corrected chi connectivity index (χ1v) is 27.5. The quantitative estimate of drug-likeness (QED) is 0.100. The fourth-order valence-electron chi connectivity index (χ4n) is 10.9. The molecule has 4 aromatic rings. The number of carbonyl (C=O) groups excluding carboxylic acids is 5. The van der Waals surface area contributed by atoms with Gasteiger partial charge in [0.05, 0.1) is 60.9 Å². The van der Waals surface area contributed by atoms with Crippen molar-refractivity contribution in [2.75, 3.05) is 50.2 Å². The number of rotatable bonds is 12. The van der Waals surface area contributed by atoms with E-state index in [1.165, 1.54) is 78.6 Å². The number of piperidine rings is 2. The molecule has 4 fully saturated rings. The maximum atomic E-state index is 14.0. The number of nitrogens with two attached hydrogens (primary N) is 1. The molecule has 0 bridgehead atoms. The second-order valence-electron chi connectivity index (χ2n) is 21.2. The number of likely N-dealkylation sites (tertiary alicyclic amines) is 1. The summed E-state index contributed by atoms with van der Waals surface area (Å²) in [4.78, 5) is 78.8. The zero-order chi connectivity index (χ0) is 61.7. The molecule has 3 amide bonds. The second kappa shape index (κ2) is 28.8. The number of hydrogen-bond acceptors (Lipinski definition) is 11. The van der Waals surface area contributed by atoms with Crippen molar-refractivity contribution in [3.63, 3.8) is 0 Å². The van der Waals surface area contributed by atoms with Crippen molar-refractivity contribution in [3.05, 3.63) is 107 Å². The molecular weight excluding hydrogens is 1130 g/mol. The molecule has 458 valence electrons. The maximum absolute atomic E-state index is 14.0. The normalized spacial score (nSPS) is 19.7. The minimum atomic E-state index is -5.19. The summed E-state index contributed by atoms with van der Waals surface area (Å²) in [5, 5.41) is 21.1. The Morgan fingerprint density at radius 1 is 0.560 bits per heavy atom. The predicted molar refractivity (Wildman–Crippen MR) is 284 cm³/mol. The van der Waals surface area contributed by atoms with Crippen LogP contribution in [0.5, 0.6) is 23.0 Å². The minimum absolute atomic E-state index is 0.0000356. The molecule has 4 aliphatic rings. The van der Waals surface area contributed by atoms with Gasteiger partial charge in [0.1, 0.15) is 29.0 Å². The molecular formula is C59H67F9N4O12. The van der Waals surface area contributed by atoms with Crippen LogP contribution in [0.25, 0.3) is 0 Å². The highest BCUT2D eigenvalue weighted by Gasteiger charge is 2.40. The van der Waals surface area contributed by atoms with Gasteiger partial charge in [0, 0.05) is 49.9 Å². The van der Waals surface area contributed by atoms with Crippen molar-refractivity contribution < 1.29 is 103 Å². The van der Waals surface area contributed by atoms with Crippen LogP contribution in [0.1, 0.15) is 123 Å². The number of halogens is 9. The number of anilines is 2. The van der Waals surface area contributed by atoms with Crippen molar-refractivity contribution >= 4 is 47.2 Å². The lowest BCUT2D eigenvalue weighted by atomic mass is 9.81.